The Morgan fingerprint density at radius 2 is 1.94 bits per heavy atom. The first-order valence-corrected chi connectivity index (χ1v) is 11.1. The molecular formula is C24H24ClFN6O3. The van der Waals surface area contributed by atoms with Crippen LogP contribution in [0.3, 0.4) is 0 Å². The molecule has 1 aromatic carbocycles. The van der Waals surface area contributed by atoms with Gasteiger partial charge in [-0.3, -0.25) is 0 Å². The van der Waals surface area contributed by atoms with E-state index in [-0.39, 0.29) is 29.0 Å². The van der Waals surface area contributed by atoms with Crippen LogP contribution in [0, 0.1) is 12.7 Å². The molecule has 0 bridgehead atoms. The van der Waals surface area contributed by atoms with Crippen LogP contribution >= 0.6 is 11.6 Å². The zero-order valence-corrected chi connectivity index (χ0v) is 20.6. The summed E-state index contributed by atoms with van der Waals surface area (Å²) in [5.74, 6) is -0.781. The summed E-state index contributed by atoms with van der Waals surface area (Å²) in [7, 11) is 1.80. The fourth-order valence-electron chi connectivity index (χ4n) is 3.53. The summed E-state index contributed by atoms with van der Waals surface area (Å²) in [6.07, 6.45) is 3.97. The lowest BCUT2D eigenvalue weighted by atomic mass is 9.99. The first-order valence-electron chi connectivity index (χ1n) is 10.7. The number of fused-ring (bicyclic) bond motifs is 1. The van der Waals surface area contributed by atoms with Crippen LogP contribution in [-0.4, -0.2) is 36.2 Å². The summed E-state index contributed by atoms with van der Waals surface area (Å²) < 4.78 is 28.6. The van der Waals surface area contributed by atoms with E-state index in [1.54, 1.807) is 57.6 Å². The topological polar surface area (TPSA) is 104 Å². The minimum absolute atomic E-state index is 0.00399. The number of nitrogens with zero attached hydrogens (tertiary/aromatic N) is 5. The van der Waals surface area contributed by atoms with Crippen LogP contribution in [0.1, 0.15) is 32.0 Å². The summed E-state index contributed by atoms with van der Waals surface area (Å²) in [5, 5.41) is 3.40. The first-order chi connectivity index (χ1) is 16.5. The number of amides is 1. The maximum Gasteiger partial charge on any atom is 0.407 e. The number of nitrogens with one attached hydrogen (secondary N) is 1. The van der Waals surface area contributed by atoms with Gasteiger partial charge in [0.2, 0.25) is 0 Å². The van der Waals surface area contributed by atoms with Crippen molar-refractivity contribution < 1.29 is 18.7 Å². The van der Waals surface area contributed by atoms with Gasteiger partial charge in [-0.25, -0.2) is 29.1 Å². The number of ether oxygens (including phenoxy) is 2. The van der Waals surface area contributed by atoms with Crippen molar-refractivity contribution in [2.45, 2.75) is 39.8 Å². The average Bonchev–Trinajstić information content (AvgIpc) is 3.11. The van der Waals surface area contributed by atoms with E-state index < -0.39 is 17.5 Å². The second-order valence-corrected chi connectivity index (χ2v) is 9.22. The molecule has 3 aromatic heterocycles. The van der Waals surface area contributed by atoms with Gasteiger partial charge in [0.1, 0.15) is 22.7 Å². The molecule has 0 aliphatic heterocycles. The molecule has 4 aromatic rings. The maximum atomic E-state index is 15.9. The molecule has 9 nitrogen and oxygen atoms in total. The van der Waals surface area contributed by atoms with Crippen LogP contribution in [0.2, 0.25) is 5.15 Å². The first kappa shape index (κ1) is 24.3. The van der Waals surface area contributed by atoms with Gasteiger partial charge in [-0.05, 0) is 45.4 Å². The molecule has 3 heterocycles. The molecule has 0 radical (unpaired) electrons. The molecule has 182 valence electrons. The molecule has 0 spiro atoms. The normalized spacial score (nSPS) is 11.5. The molecule has 0 aliphatic rings. The SMILES string of the molecule is Cc1ccnc(Oc2ccc(-c3cn(C)c4ncnc(Cl)c34)c(CNC(=O)OC(C)(C)C)c2F)n1. The number of carbonyl (C=O) groups excluding carboxylic acids is 1. The number of carbonyl (C=O) groups is 1. The standard InChI is InChI=1S/C24H24ClFN6O3/c1-13-8-9-27-22(31-13)34-17-7-6-14(15(19(17)26)10-28-23(33)35-24(2,3)4)16-11-32(5)21-18(16)20(25)29-12-30-21/h6-9,11-12H,10H2,1-5H3,(H,28,33). The van der Waals surface area contributed by atoms with Crippen molar-refractivity contribution >= 4 is 28.7 Å². The van der Waals surface area contributed by atoms with Gasteiger partial charge >= 0.3 is 12.1 Å². The predicted molar refractivity (Wildman–Crippen MR) is 129 cm³/mol. The lowest BCUT2D eigenvalue weighted by Crippen LogP contribution is -2.32. The number of hydrogen-bond donors (Lipinski definition) is 1. The molecule has 1 amide bonds. The van der Waals surface area contributed by atoms with Crippen LogP contribution in [0.25, 0.3) is 22.2 Å². The van der Waals surface area contributed by atoms with Gasteiger partial charge in [0.05, 0.1) is 5.39 Å². The number of benzene rings is 1. The number of alkyl carbamates (subject to hydrolysis) is 1. The zero-order valence-electron chi connectivity index (χ0n) is 19.9. The van der Waals surface area contributed by atoms with E-state index in [0.717, 1.165) is 0 Å². The zero-order chi connectivity index (χ0) is 25.3. The summed E-state index contributed by atoms with van der Waals surface area (Å²) in [6, 6.07) is 4.86. The largest absolute Gasteiger partial charge is 0.444 e. The molecule has 35 heavy (non-hydrogen) atoms. The van der Waals surface area contributed by atoms with Gasteiger partial charge in [-0.1, -0.05) is 17.7 Å². The number of halogens is 2. The highest BCUT2D eigenvalue weighted by atomic mass is 35.5. The van der Waals surface area contributed by atoms with E-state index in [0.29, 0.717) is 27.9 Å². The van der Waals surface area contributed by atoms with Crippen LogP contribution in [0.4, 0.5) is 9.18 Å². The molecule has 0 unspecified atom stereocenters. The second kappa shape index (κ2) is 9.46. The Kier molecular flexibility index (Phi) is 6.58. The van der Waals surface area contributed by atoms with Crippen molar-refractivity contribution in [2.24, 2.45) is 7.05 Å². The Morgan fingerprint density at radius 3 is 2.66 bits per heavy atom. The average molecular weight is 499 g/mol. The maximum absolute atomic E-state index is 15.9. The monoisotopic (exact) mass is 498 g/mol. The fraction of sp³-hybridized carbons (Fsp3) is 0.292. The summed E-state index contributed by atoms with van der Waals surface area (Å²) >= 11 is 6.38. The van der Waals surface area contributed by atoms with Gasteiger partial charge in [0.25, 0.3) is 0 Å². The highest BCUT2D eigenvalue weighted by Crippen LogP contribution is 2.38. The number of aryl methyl sites for hydroxylation is 2. The van der Waals surface area contributed by atoms with Gasteiger partial charge in [0.15, 0.2) is 11.6 Å². The van der Waals surface area contributed by atoms with Gasteiger partial charge in [0, 0.05) is 42.8 Å². The van der Waals surface area contributed by atoms with Crippen molar-refractivity contribution in [1.82, 2.24) is 29.8 Å². The van der Waals surface area contributed by atoms with E-state index in [1.165, 1.54) is 18.6 Å². The minimum Gasteiger partial charge on any atom is -0.444 e. The molecule has 0 aliphatic carbocycles. The van der Waals surface area contributed by atoms with Crippen molar-refractivity contribution in [1.29, 1.82) is 0 Å². The Labute approximate surface area is 206 Å². The smallest absolute Gasteiger partial charge is 0.407 e. The van der Waals surface area contributed by atoms with Crippen LogP contribution in [-0.2, 0) is 18.3 Å². The molecule has 0 fully saturated rings. The fourth-order valence-corrected chi connectivity index (χ4v) is 3.76. The van der Waals surface area contributed by atoms with Crippen molar-refractivity contribution in [2.75, 3.05) is 0 Å². The van der Waals surface area contributed by atoms with E-state index in [9.17, 15) is 4.79 Å². The highest BCUT2D eigenvalue weighted by molar-refractivity contribution is 6.35. The number of hydrogen-bond acceptors (Lipinski definition) is 7. The number of aromatic nitrogens is 5. The van der Waals surface area contributed by atoms with Crippen LogP contribution < -0.4 is 10.1 Å². The minimum atomic E-state index is -0.709. The van der Waals surface area contributed by atoms with Crippen molar-refractivity contribution in [3.63, 3.8) is 0 Å². The molecule has 1 N–H and O–H groups in total. The molecule has 4 rings (SSSR count). The van der Waals surface area contributed by atoms with Crippen molar-refractivity contribution in [3.8, 4) is 22.9 Å². The van der Waals surface area contributed by atoms with E-state index in [1.807, 2.05) is 0 Å². The van der Waals surface area contributed by atoms with Gasteiger partial charge in [-0.15, -0.1) is 0 Å². The van der Waals surface area contributed by atoms with Crippen molar-refractivity contribution in [3.05, 3.63) is 59.1 Å². The van der Waals surface area contributed by atoms with E-state index in [2.05, 4.69) is 25.3 Å². The molecule has 0 saturated heterocycles. The Bertz CT molecular complexity index is 1420. The third-order valence-corrected chi connectivity index (χ3v) is 5.27. The summed E-state index contributed by atoms with van der Waals surface area (Å²) in [5.41, 5.74) is 1.79. The molecule has 0 atom stereocenters. The van der Waals surface area contributed by atoms with Crippen LogP contribution in [0.5, 0.6) is 11.8 Å². The lowest BCUT2D eigenvalue weighted by Gasteiger charge is -2.20. The van der Waals surface area contributed by atoms with E-state index >= 15 is 4.39 Å². The highest BCUT2D eigenvalue weighted by Gasteiger charge is 2.23. The third-order valence-electron chi connectivity index (χ3n) is 4.99. The molecular weight excluding hydrogens is 475 g/mol. The van der Waals surface area contributed by atoms with Gasteiger partial charge < -0.3 is 19.4 Å². The second-order valence-electron chi connectivity index (χ2n) is 8.86. The number of rotatable bonds is 5. The molecule has 0 saturated carbocycles. The third kappa shape index (κ3) is 5.32. The predicted octanol–water partition coefficient (Wildman–Crippen LogP) is 5.34. The van der Waals surface area contributed by atoms with Crippen LogP contribution in [0.15, 0.2) is 36.9 Å². The summed E-state index contributed by atoms with van der Waals surface area (Å²) in [6.45, 7) is 6.83. The Hall–Kier alpha value is -3.79. The molecule has 11 heteroatoms. The van der Waals surface area contributed by atoms with E-state index in [4.69, 9.17) is 21.1 Å². The quantitative estimate of drug-likeness (QED) is 0.370. The lowest BCUT2D eigenvalue weighted by molar-refractivity contribution is 0.0523. The van der Waals surface area contributed by atoms with Gasteiger partial charge in [-0.2, -0.15) is 0 Å². The Balaban J connectivity index is 1.80. The summed E-state index contributed by atoms with van der Waals surface area (Å²) in [4.78, 5) is 28.9. The Morgan fingerprint density at radius 1 is 1.17 bits per heavy atom.